The van der Waals surface area contributed by atoms with E-state index in [1.807, 2.05) is 0 Å². The lowest BCUT2D eigenvalue weighted by Crippen LogP contribution is -2.08. The van der Waals surface area contributed by atoms with E-state index in [9.17, 15) is 17.6 Å². The average Bonchev–Trinajstić information content (AvgIpc) is 2.38. The van der Waals surface area contributed by atoms with E-state index in [1.54, 1.807) is 18.2 Å². The third kappa shape index (κ3) is 4.10. The molecule has 0 amide bonds. The first-order valence-corrected chi connectivity index (χ1v) is 6.68. The summed E-state index contributed by atoms with van der Waals surface area (Å²) in [5.74, 6) is -1.50. The first-order chi connectivity index (χ1) is 9.97. The van der Waals surface area contributed by atoms with Gasteiger partial charge in [-0.05, 0) is 28.1 Å². The Kier molecular flexibility index (Phi) is 5.06. The molecule has 21 heavy (non-hydrogen) atoms. The maximum Gasteiger partial charge on any atom is 0.387 e. The zero-order valence-corrected chi connectivity index (χ0v) is 12.1. The summed E-state index contributed by atoms with van der Waals surface area (Å²) in [5.41, 5.74) is 0.469. The molecule has 1 N–H and O–H groups in total. The van der Waals surface area contributed by atoms with Crippen LogP contribution < -0.4 is 10.1 Å². The number of hydrogen-bond acceptors (Lipinski definition) is 2. The zero-order valence-electron chi connectivity index (χ0n) is 10.5. The van der Waals surface area contributed by atoms with Gasteiger partial charge in [0.05, 0.1) is 5.69 Å². The molecule has 2 aromatic carbocycles. The molecule has 0 saturated heterocycles. The minimum Gasteiger partial charge on any atom is -0.434 e. The summed E-state index contributed by atoms with van der Waals surface area (Å²) >= 11 is 3.04. The second-order valence-electron chi connectivity index (χ2n) is 4.08. The van der Waals surface area contributed by atoms with Crippen LogP contribution in [0.15, 0.2) is 40.9 Å². The molecule has 0 aliphatic heterocycles. The predicted molar refractivity (Wildman–Crippen MR) is 74.5 cm³/mol. The van der Waals surface area contributed by atoms with Crippen molar-refractivity contribution in [3.63, 3.8) is 0 Å². The van der Waals surface area contributed by atoms with E-state index >= 15 is 0 Å². The van der Waals surface area contributed by atoms with Crippen LogP contribution in [-0.2, 0) is 6.54 Å². The van der Waals surface area contributed by atoms with Crippen molar-refractivity contribution in [3.8, 4) is 5.75 Å². The van der Waals surface area contributed by atoms with Crippen molar-refractivity contribution in [2.45, 2.75) is 13.2 Å². The lowest BCUT2D eigenvalue weighted by Gasteiger charge is -2.13. The highest BCUT2D eigenvalue weighted by Crippen LogP contribution is 2.28. The number of benzene rings is 2. The summed E-state index contributed by atoms with van der Waals surface area (Å²) < 4.78 is 55.8. The first-order valence-electron chi connectivity index (χ1n) is 5.88. The number of alkyl halides is 2. The zero-order chi connectivity index (χ0) is 15.4. The third-order valence-electron chi connectivity index (χ3n) is 2.65. The lowest BCUT2D eigenvalue weighted by atomic mass is 10.2. The standard InChI is InChI=1S/C14H10BrF4NO/c15-10-5-9(16)6-11(17)13(10)20-7-8-3-1-2-4-12(8)21-14(18)19/h1-6,14,20H,7H2. The molecule has 2 aromatic rings. The van der Waals surface area contributed by atoms with Gasteiger partial charge in [-0.3, -0.25) is 0 Å². The summed E-state index contributed by atoms with van der Waals surface area (Å²) in [6.07, 6.45) is 0. The molecule has 0 fully saturated rings. The van der Waals surface area contributed by atoms with Crippen LogP contribution in [0.5, 0.6) is 5.75 Å². The smallest absolute Gasteiger partial charge is 0.387 e. The molecule has 0 spiro atoms. The SMILES string of the molecule is Fc1cc(F)c(NCc2ccccc2OC(F)F)c(Br)c1. The Balaban J connectivity index is 2.17. The minimum atomic E-state index is -2.94. The number of nitrogens with one attached hydrogen (secondary N) is 1. The fraction of sp³-hybridized carbons (Fsp3) is 0.143. The van der Waals surface area contributed by atoms with Crippen LogP contribution in [0.2, 0.25) is 0 Å². The Morgan fingerprint density at radius 1 is 1.14 bits per heavy atom. The first kappa shape index (κ1) is 15.6. The van der Waals surface area contributed by atoms with Crippen LogP contribution in [0, 0.1) is 11.6 Å². The van der Waals surface area contributed by atoms with Crippen molar-refractivity contribution >= 4 is 21.6 Å². The molecule has 0 radical (unpaired) electrons. The van der Waals surface area contributed by atoms with Gasteiger partial charge in [-0.15, -0.1) is 0 Å². The normalized spacial score (nSPS) is 10.8. The Morgan fingerprint density at radius 3 is 2.52 bits per heavy atom. The number of halogens is 5. The maximum atomic E-state index is 13.6. The summed E-state index contributed by atoms with van der Waals surface area (Å²) in [5, 5.41) is 2.72. The van der Waals surface area contributed by atoms with Gasteiger partial charge in [0, 0.05) is 22.6 Å². The van der Waals surface area contributed by atoms with E-state index in [2.05, 4.69) is 26.0 Å². The van der Waals surface area contributed by atoms with Gasteiger partial charge in [-0.1, -0.05) is 18.2 Å². The van der Waals surface area contributed by atoms with E-state index in [0.29, 0.717) is 5.56 Å². The Labute approximate surface area is 126 Å². The Hall–Kier alpha value is -1.76. The maximum absolute atomic E-state index is 13.6. The van der Waals surface area contributed by atoms with Gasteiger partial charge in [-0.2, -0.15) is 8.78 Å². The minimum absolute atomic E-state index is 0.00126. The van der Waals surface area contributed by atoms with Gasteiger partial charge in [0.25, 0.3) is 0 Å². The molecule has 0 aliphatic rings. The van der Waals surface area contributed by atoms with Crippen LogP contribution in [-0.4, -0.2) is 6.61 Å². The van der Waals surface area contributed by atoms with Gasteiger partial charge in [-0.25, -0.2) is 8.78 Å². The highest BCUT2D eigenvalue weighted by Gasteiger charge is 2.12. The van der Waals surface area contributed by atoms with Crippen LogP contribution >= 0.6 is 15.9 Å². The third-order valence-corrected chi connectivity index (χ3v) is 3.28. The predicted octanol–water partition coefficient (Wildman–Crippen LogP) is 4.94. The van der Waals surface area contributed by atoms with Gasteiger partial charge >= 0.3 is 6.61 Å². The summed E-state index contributed by atoms with van der Waals surface area (Å²) in [6.45, 7) is -2.90. The van der Waals surface area contributed by atoms with Crippen LogP contribution in [0.25, 0.3) is 0 Å². The largest absolute Gasteiger partial charge is 0.434 e. The number of para-hydroxylation sites is 1. The van der Waals surface area contributed by atoms with Crippen molar-refractivity contribution in [1.29, 1.82) is 0 Å². The highest BCUT2D eigenvalue weighted by atomic mass is 79.9. The molecule has 7 heteroatoms. The van der Waals surface area contributed by atoms with E-state index in [0.717, 1.165) is 12.1 Å². The lowest BCUT2D eigenvalue weighted by molar-refractivity contribution is -0.0504. The molecule has 0 bridgehead atoms. The van der Waals surface area contributed by atoms with Crippen LogP contribution in [0.1, 0.15) is 5.56 Å². The van der Waals surface area contributed by atoms with Crippen molar-refractivity contribution < 1.29 is 22.3 Å². The van der Waals surface area contributed by atoms with E-state index < -0.39 is 18.2 Å². The molecule has 0 aromatic heterocycles. The van der Waals surface area contributed by atoms with Crippen molar-refractivity contribution in [2.75, 3.05) is 5.32 Å². The highest BCUT2D eigenvalue weighted by molar-refractivity contribution is 9.10. The number of hydrogen-bond donors (Lipinski definition) is 1. The quantitative estimate of drug-likeness (QED) is 0.759. The summed E-state index contributed by atoms with van der Waals surface area (Å²) in [7, 11) is 0. The van der Waals surface area contributed by atoms with E-state index in [-0.39, 0.29) is 22.5 Å². The Morgan fingerprint density at radius 2 is 1.86 bits per heavy atom. The molecule has 0 unspecified atom stereocenters. The van der Waals surface area contributed by atoms with Gasteiger partial charge in [0.15, 0.2) is 0 Å². The molecule has 112 valence electrons. The molecule has 0 heterocycles. The van der Waals surface area contributed by atoms with E-state index in [4.69, 9.17) is 0 Å². The topological polar surface area (TPSA) is 21.3 Å². The summed E-state index contributed by atoms with van der Waals surface area (Å²) in [4.78, 5) is 0. The molecule has 0 atom stereocenters. The van der Waals surface area contributed by atoms with Crippen LogP contribution in [0.3, 0.4) is 0 Å². The molecule has 0 saturated carbocycles. The fourth-order valence-electron chi connectivity index (χ4n) is 1.76. The van der Waals surface area contributed by atoms with Crippen molar-refractivity contribution in [3.05, 3.63) is 58.1 Å². The van der Waals surface area contributed by atoms with Crippen molar-refractivity contribution in [2.24, 2.45) is 0 Å². The van der Waals surface area contributed by atoms with Crippen LogP contribution in [0.4, 0.5) is 23.2 Å². The van der Waals surface area contributed by atoms with Gasteiger partial charge in [0.1, 0.15) is 17.4 Å². The Bertz CT molecular complexity index is 613. The van der Waals surface area contributed by atoms with Gasteiger partial charge in [0.2, 0.25) is 0 Å². The number of anilines is 1. The second-order valence-corrected chi connectivity index (χ2v) is 4.94. The van der Waals surface area contributed by atoms with Gasteiger partial charge < -0.3 is 10.1 Å². The fourth-order valence-corrected chi connectivity index (χ4v) is 2.30. The molecule has 0 aliphatic carbocycles. The monoisotopic (exact) mass is 363 g/mol. The molecular formula is C14H10BrF4NO. The molecule has 2 rings (SSSR count). The molecular weight excluding hydrogens is 354 g/mol. The average molecular weight is 364 g/mol. The van der Waals surface area contributed by atoms with Crippen molar-refractivity contribution in [1.82, 2.24) is 0 Å². The molecule has 2 nitrogen and oxygen atoms in total. The second kappa shape index (κ2) is 6.80. The number of rotatable bonds is 5. The number of ether oxygens (including phenoxy) is 1. The van der Waals surface area contributed by atoms with E-state index in [1.165, 1.54) is 6.07 Å². The summed E-state index contributed by atoms with van der Waals surface area (Å²) in [6, 6.07) is 7.99.